The van der Waals surface area contributed by atoms with Gasteiger partial charge in [0.05, 0.1) is 17.7 Å². The molecule has 0 heterocycles. The van der Waals surface area contributed by atoms with Gasteiger partial charge in [0.15, 0.2) is 0 Å². The van der Waals surface area contributed by atoms with Crippen molar-refractivity contribution in [3.63, 3.8) is 0 Å². The second-order valence-corrected chi connectivity index (χ2v) is 11.9. The van der Waals surface area contributed by atoms with Crippen molar-refractivity contribution in [3.8, 4) is 5.75 Å². The van der Waals surface area contributed by atoms with Crippen LogP contribution >= 0.6 is 11.6 Å². The molecule has 0 spiro atoms. The first-order valence-corrected chi connectivity index (χ1v) is 14.5. The SMILES string of the molecule is COc1ccc(S(=O)(=O)N(CC(=O)N(Cc2ccccc2F)[C@H](C)C(=O)NCC(C)C)c2ccc(Cl)cc2)cc1. The molecule has 0 aromatic heterocycles. The van der Waals surface area contributed by atoms with E-state index in [0.29, 0.717) is 17.3 Å². The lowest BCUT2D eigenvalue weighted by molar-refractivity contribution is -0.139. The molecular formula is C29H33ClFN3O5S. The Bertz CT molecular complexity index is 1420. The van der Waals surface area contributed by atoms with E-state index >= 15 is 0 Å². The molecule has 0 aliphatic heterocycles. The molecule has 0 saturated carbocycles. The highest BCUT2D eigenvalue weighted by Crippen LogP contribution is 2.27. The first kappa shape index (κ1) is 30.9. The van der Waals surface area contributed by atoms with Gasteiger partial charge in [-0.3, -0.25) is 13.9 Å². The van der Waals surface area contributed by atoms with E-state index in [1.807, 2.05) is 13.8 Å². The van der Waals surface area contributed by atoms with E-state index in [0.717, 1.165) is 4.31 Å². The molecule has 0 aliphatic carbocycles. The van der Waals surface area contributed by atoms with Gasteiger partial charge in [-0.2, -0.15) is 0 Å². The fourth-order valence-electron chi connectivity index (χ4n) is 3.86. The van der Waals surface area contributed by atoms with E-state index < -0.39 is 40.2 Å². The summed E-state index contributed by atoms with van der Waals surface area (Å²) in [5, 5.41) is 3.17. The van der Waals surface area contributed by atoms with E-state index in [4.69, 9.17) is 16.3 Å². The quantitative estimate of drug-likeness (QED) is 0.325. The zero-order chi connectivity index (χ0) is 29.4. The molecule has 0 aliphatic rings. The number of halogens is 2. The Morgan fingerprint density at radius 1 is 0.975 bits per heavy atom. The summed E-state index contributed by atoms with van der Waals surface area (Å²) in [5.74, 6) is -1.04. The zero-order valence-electron chi connectivity index (χ0n) is 22.8. The smallest absolute Gasteiger partial charge is 0.264 e. The fraction of sp³-hybridized carbons (Fsp3) is 0.310. The summed E-state index contributed by atoms with van der Waals surface area (Å²) < 4.78 is 48.3. The van der Waals surface area contributed by atoms with Crippen LogP contribution in [0.5, 0.6) is 5.75 Å². The van der Waals surface area contributed by atoms with Gasteiger partial charge < -0.3 is 15.0 Å². The third-order valence-corrected chi connectivity index (χ3v) is 8.23. The minimum atomic E-state index is -4.26. The van der Waals surface area contributed by atoms with Gasteiger partial charge >= 0.3 is 0 Å². The van der Waals surface area contributed by atoms with Gasteiger partial charge in [-0.15, -0.1) is 0 Å². The van der Waals surface area contributed by atoms with Crippen molar-refractivity contribution in [2.24, 2.45) is 5.92 Å². The predicted molar refractivity (Wildman–Crippen MR) is 153 cm³/mol. The number of hydrogen-bond acceptors (Lipinski definition) is 5. The lowest BCUT2D eigenvalue weighted by Crippen LogP contribution is -2.51. The molecule has 0 fully saturated rings. The number of sulfonamides is 1. The lowest BCUT2D eigenvalue weighted by Gasteiger charge is -2.32. The van der Waals surface area contributed by atoms with Crippen molar-refractivity contribution in [2.45, 2.75) is 38.3 Å². The lowest BCUT2D eigenvalue weighted by atomic mass is 10.1. The van der Waals surface area contributed by atoms with E-state index in [1.165, 1.54) is 85.7 Å². The summed E-state index contributed by atoms with van der Waals surface area (Å²) in [7, 11) is -2.79. The molecule has 2 amide bonds. The normalized spacial score (nSPS) is 12.1. The van der Waals surface area contributed by atoms with Crippen molar-refractivity contribution in [2.75, 3.05) is 24.5 Å². The third kappa shape index (κ3) is 7.73. The maximum atomic E-state index is 14.6. The van der Waals surface area contributed by atoms with Crippen LogP contribution in [-0.4, -0.2) is 51.4 Å². The Morgan fingerprint density at radius 3 is 2.17 bits per heavy atom. The van der Waals surface area contributed by atoms with Crippen molar-refractivity contribution in [1.82, 2.24) is 10.2 Å². The number of methoxy groups -OCH3 is 1. The summed E-state index contributed by atoms with van der Waals surface area (Å²) in [6, 6.07) is 16.6. The largest absolute Gasteiger partial charge is 0.497 e. The molecular weight excluding hydrogens is 557 g/mol. The minimum absolute atomic E-state index is 0.0700. The van der Waals surface area contributed by atoms with Gasteiger partial charge in [-0.25, -0.2) is 12.8 Å². The molecule has 3 rings (SSSR count). The van der Waals surface area contributed by atoms with E-state index in [1.54, 1.807) is 6.07 Å². The number of nitrogens with one attached hydrogen (secondary N) is 1. The minimum Gasteiger partial charge on any atom is -0.497 e. The second kappa shape index (κ2) is 13.6. The number of rotatable bonds is 12. The van der Waals surface area contributed by atoms with Crippen molar-refractivity contribution in [3.05, 3.63) is 89.2 Å². The van der Waals surface area contributed by atoms with Crippen LogP contribution in [0.3, 0.4) is 0 Å². The van der Waals surface area contributed by atoms with Crippen molar-refractivity contribution in [1.29, 1.82) is 0 Å². The van der Waals surface area contributed by atoms with Crippen LogP contribution in [0.15, 0.2) is 77.7 Å². The Labute approximate surface area is 239 Å². The van der Waals surface area contributed by atoms with Gasteiger partial charge in [0, 0.05) is 23.7 Å². The molecule has 3 aromatic rings. The molecule has 8 nitrogen and oxygen atoms in total. The maximum absolute atomic E-state index is 14.6. The first-order chi connectivity index (χ1) is 18.9. The summed E-state index contributed by atoms with van der Waals surface area (Å²) >= 11 is 6.03. The molecule has 0 unspecified atom stereocenters. The number of benzene rings is 3. The number of carbonyl (C=O) groups excluding carboxylic acids is 2. The third-order valence-electron chi connectivity index (χ3n) is 6.19. The summed E-state index contributed by atoms with van der Waals surface area (Å²) in [6.07, 6.45) is 0. The molecule has 0 saturated heterocycles. The molecule has 1 atom stereocenters. The van der Waals surface area contributed by atoms with Crippen molar-refractivity contribution >= 4 is 39.1 Å². The molecule has 3 aromatic carbocycles. The van der Waals surface area contributed by atoms with E-state index in [9.17, 15) is 22.4 Å². The highest BCUT2D eigenvalue weighted by atomic mass is 35.5. The van der Waals surface area contributed by atoms with E-state index in [-0.39, 0.29) is 28.6 Å². The fourth-order valence-corrected chi connectivity index (χ4v) is 5.40. The number of amides is 2. The van der Waals surface area contributed by atoms with Crippen LogP contribution in [0.4, 0.5) is 10.1 Å². The summed E-state index contributed by atoms with van der Waals surface area (Å²) in [5.41, 5.74) is 0.381. The number of anilines is 1. The number of hydrogen-bond donors (Lipinski definition) is 1. The number of ether oxygens (including phenoxy) is 1. The molecule has 214 valence electrons. The Kier molecular flexibility index (Phi) is 10.5. The highest BCUT2D eigenvalue weighted by molar-refractivity contribution is 7.92. The van der Waals surface area contributed by atoms with Crippen LogP contribution in [0.25, 0.3) is 0 Å². The van der Waals surface area contributed by atoms with Crippen LogP contribution < -0.4 is 14.4 Å². The molecule has 0 bridgehead atoms. The molecule has 11 heteroatoms. The van der Waals surface area contributed by atoms with E-state index in [2.05, 4.69) is 5.32 Å². The standard InChI is InChI=1S/C29H33ClFN3O5S/c1-20(2)17-32-29(36)21(3)33(18-22-7-5-6-8-27(22)31)28(35)19-34(24-11-9-23(30)10-12-24)40(37,38)26-15-13-25(39-4)14-16-26/h5-16,20-21H,17-19H2,1-4H3,(H,32,36)/t21-/m1/s1. The maximum Gasteiger partial charge on any atom is 0.264 e. The predicted octanol–water partition coefficient (Wildman–Crippen LogP) is 4.87. The monoisotopic (exact) mass is 589 g/mol. The number of carbonyl (C=O) groups is 2. The van der Waals surface area contributed by atoms with Crippen LogP contribution in [0.2, 0.25) is 5.02 Å². The molecule has 0 radical (unpaired) electrons. The highest BCUT2D eigenvalue weighted by Gasteiger charge is 2.33. The summed E-state index contributed by atoms with van der Waals surface area (Å²) in [4.78, 5) is 27.9. The van der Waals surface area contributed by atoms with Gasteiger partial charge in [-0.05, 0) is 67.4 Å². The van der Waals surface area contributed by atoms with Crippen molar-refractivity contribution < 1.29 is 27.1 Å². The van der Waals surface area contributed by atoms with Crippen LogP contribution in [0.1, 0.15) is 26.3 Å². The molecule has 1 N–H and O–H groups in total. The summed E-state index contributed by atoms with van der Waals surface area (Å²) in [6.45, 7) is 4.89. The average molecular weight is 590 g/mol. The van der Waals surface area contributed by atoms with Gasteiger partial charge in [0.1, 0.15) is 24.2 Å². The van der Waals surface area contributed by atoms with Gasteiger partial charge in [0.25, 0.3) is 10.0 Å². The Balaban J connectivity index is 2.02. The van der Waals surface area contributed by atoms with Crippen LogP contribution in [0, 0.1) is 11.7 Å². The Morgan fingerprint density at radius 2 is 1.60 bits per heavy atom. The topological polar surface area (TPSA) is 96.0 Å². The van der Waals surface area contributed by atoms with Gasteiger partial charge in [0.2, 0.25) is 11.8 Å². The second-order valence-electron chi connectivity index (χ2n) is 9.59. The zero-order valence-corrected chi connectivity index (χ0v) is 24.4. The molecule has 40 heavy (non-hydrogen) atoms. The van der Waals surface area contributed by atoms with Crippen LogP contribution in [-0.2, 0) is 26.2 Å². The average Bonchev–Trinajstić information content (AvgIpc) is 2.94. The van der Waals surface area contributed by atoms with Gasteiger partial charge in [-0.1, -0.05) is 43.6 Å². The number of nitrogens with zero attached hydrogens (tertiary/aromatic N) is 2. The Hall–Kier alpha value is -3.63. The first-order valence-electron chi connectivity index (χ1n) is 12.7.